The number of fused-ring (bicyclic) bond motifs is 9. The third kappa shape index (κ3) is 3.19. The van der Waals surface area contributed by atoms with Gasteiger partial charge in [0.25, 0.3) is 0 Å². The Labute approximate surface area is 256 Å². The zero-order valence-electron chi connectivity index (χ0n) is 26.2. The van der Waals surface area contributed by atoms with Crippen molar-refractivity contribution in [1.82, 2.24) is 0 Å². The lowest BCUT2D eigenvalue weighted by molar-refractivity contribution is -0.772. The van der Waals surface area contributed by atoms with Crippen LogP contribution < -0.4 is 9.13 Å². The SMILES string of the molecule is CCC12C=C(C3c4ccccc4-c4c(C)ccc[n+]43)C1(CC)[n+]1cc(-c3ccccc3)c(C)cc1-c1cc(C)cc(C)c12. The number of rotatable bonds is 4. The summed E-state index contributed by atoms with van der Waals surface area (Å²) in [6.07, 6.45) is 9.59. The number of aryl methyl sites for hydroxylation is 4. The molecule has 2 aromatic heterocycles. The molecule has 0 saturated carbocycles. The van der Waals surface area contributed by atoms with Crippen LogP contribution >= 0.6 is 0 Å². The summed E-state index contributed by atoms with van der Waals surface area (Å²) in [6, 6.07) is 32.0. The lowest BCUT2D eigenvalue weighted by Crippen LogP contribution is -2.76. The third-order valence-corrected chi connectivity index (χ3v) is 11.0. The van der Waals surface area contributed by atoms with Crippen LogP contribution in [-0.4, -0.2) is 0 Å². The Balaban J connectivity index is 1.49. The van der Waals surface area contributed by atoms with Gasteiger partial charge in [0.1, 0.15) is 0 Å². The molecule has 3 aromatic carbocycles. The molecule has 3 aliphatic rings. The van der Waals surface area contributed by atoms with Gasteiger partial charge in [0.05, 0.1) is 22.1 Å². The normalized spacial score (nSPS) is 22.5. The Bertz CT molecular complexity index is 2000. The average molecular weight is 561 g/mol. The second-order valence-electron chi connectivity index (χ2n) is 13.1. The molecular formula is C41H40N2+2. The molecule has 2 heteroatoms. The predicted molar refractivity (Wildman–Crippen MR) is 175 cm³/mol. The molecule has 0 fully saturated rings. The summed E-state index contributed by atoms with van der Waals surface area (Å²) < 4.78 is 5.28. The third-order valence-electron chi connectivity index (χ3n) is 11.0. The van der Waals surface area contributed by atoms with Gasteiger partial charge in [-0.15, -0.1) is 0 Å². The average Bonchev–Trinajstić information content (AvgIpc) is 3.33. The lowest BCUT2D eigenvalue weighted by atomic mass is 9.46. The van der Waals surface area contributed by atoms with Crippen molar-refractivity contribution in [2.75, 3.05) is 0 Å². The first-order valence-corrected chi connectivity index (χ1v) is 15.9. The minimum absolute atomic E-state index is 0.0901. The highest BCUT2D eigenvalue weighted by atomic mass is 15.1. The van der Waals surface area contributed by atoms with Gasteiger partial charge in [-0.1, -0.05) is 80.1 Å². The number of allylic oxidation sites excluding steroid dienone is 2. The van der Waals surface area contributed by atoms with Crippen LogP contribution in [0.2, 0.25) is 0 Å². The molecule has 4 heterocycles. The molecule has 3 atom stereocenters. The largest absolute Gasteiger partial charge is 0.216 e. The maximum absolute atomic E-state index is 2.72. The first kappa shape index (κ1) is 26.3. The van der Waals surface area contributed by atoms with Crippen molar-refractivity contribution in [3.8, 4) is 33.6 Å². The minimum Gasteiger partial charge on any atom is -0.187 e. The molecule has 5 aromatic rings. The molecule has 2 aliphatic heterocycles. The number of pyridine rings is 2. The molecule has 0 radical (unpaired) electrons. The fourth-order valence-corrected chi connectivity index (χ4v) is 9.36. The van der Waals surface area contributed by atoms with Gasteiger partial charge in [0, 0.05) is 35.2 Å². The Morgan fingerprint density at radius 1 is 0.698 bits per heavy atom. The van der Waals surface area contributed by atoms with Gasteiger partial charge < -0.3 is 0 Å². The second kappa shape index (κ2) is 9.10. The predicted octanol–water partition coefficient (Wildman–Crippen LogP) is 8.81. The van der Waals surface area contributed by atoms with Crippen molar-refractivity contribution < 1.29 is 9.13 Å². The molecule has 2 nitrogen and oxygen atoms in total. The molecule has 0 N–H and O–H groups in total. The first-order chi connectivity index (χ1) is 20.9. The van der Waals surface area contributed by atoms with E-state index in [0.29, 0.717) is 0 Å². The first-order valence-electron chi connectivity index (χ1n) is 15.9. The van der Waals surface area contributed by atoms with E-state index in [4.69, 9.17) is 0 Å². The Kier molecular flexibility index (Phi) is 5.57. The van der Waals surface area contributed by atoms with Crippen LogP contribution in [0, 0.1) is 27.7 Å². The second-order valence-corrected chi connectivity index (χ2v) is 13.1. The van der Waals surface area contributed by atoms with E-state index < -0.39 is 0 Å². The summed E-state index contributed by atoms with van der Waals surface area (Å²) in [6.45, 7) is 14.0. The van der Waals surface area contributed by atoms with E-state index in [0.717, 1.165) is 12.8 Å². The van der Waals surface area contributed by atoms with E-state index in [1.807, 2.05) is 0 Å². The van der Waals surface area contributed by atoms with Gasteiger partial charge in [-0.2, -0.15) is 9.13 Å². The van der Waals surface area contributed by atoms with E-state index >= 15 is 0 Å². The maximum atomic E-state index is 2.72. The molecule has 0 amide bonds. The quantitative estimate of drug-likeness (QED) is 0.153. The molecule has 0 bridgehead atoms. The van der Waals surface area contributed by atoms with Gasteiger partial charge in [0.2, 0.25) is 23.0 Å². The standard InChI is InChI=1S/C41H40N2/c1-7-40-24-35(39-32-19-13-12-18-31(32)38-27(4)15-14-20-42(38)39)41(40,8-2)43-25-34(30-16-10-9-11-17-30)28(5)23-36(43)33-22-26(3)21-29(6)37(33)40/h9-25,39H,7-8H2,1-6H3/q+2. The van der Waals surface area contributed by atoms with Crippen molar-refractivity contribution in [2.45, 2.75) is 71.4 Å². The van der Waals surface area contributed by atoms with Gasteiger partial charge >= 0.3 is 0 Å². The molecular weight excluding hydrogens is 520 g/mol. The highest BCUT2D eigenvalue weighted by molar-refractivity contribution is 5.77. The Morgan fingerprint density at radius 3 is 2.23 bits per heavy atom. The maximum Gasteiger partial charge on any atom is 0.216 e. The number of hydrogen-bond donors (Lipinski definition) is 0. The molecule has 8 rings (SSSR count). The van der Waals surface area contributed by atoms with Crippen molar-refractivity contribution >= 4 is 0 Å². The van der Waals surface area contributed by atoms with Gasteiger partial charge in [0.15, 0.2) is 12.4 Å². The molecule has 3 unspecified atom stereocenters. The molecule has 0 spiro atoms. The Hall–Kier alpha value is -4.30. The van der Waals surface area contributed by atoms with Crippen molar-refractivity contribution in [3.05, 3.63) is 142 Å². The van der Waals surface area contributed by atoms with Crippen molar-refractivity contribution in [3.63, 3.8) is 0 Å². The number of hydrogen-bond acceptors (Lipinski definition) is 0. The van der Waals surface area contributed by atoms with Gasteiger partial charge in [-0.25, -0.2) is 0 Å². The molecule has 1 aliphatic carbocycles. The van der Waals surface area contributed by atoms with Crippen LogP contribution in [-0.2, 0) is 11.0 Å². The molecule has 43 heavy (non-hydrogen) atoms. The summed E-state index contributed by atoms with van der Waals surface area (Å²) >= 11 is 0. The van der Waals surface area contributed by atoms with E-state index in [1.165, 1.54) is 72.6 Å². The lowest BCUT2D eigenvalue weighted by Gasteiger charge is -2.56. The van der Waals surface area contributed by atoms with Crippen molar-refractivity contribution in [2.24, 2.45) is 0 Å². The van der Waals surface area contributed by atoms with E-state index in [-0.39, 0.29) is 17.0 Å². The van der Waals surface area contributed by atoms with Crippen LogP contribution in [0.3, 0.4) is 0 Å². The topological polar surface area (TPSA) is 7.76 Å². The summed E-state index contributed by atoms with van der Waals surface area (Å²) in [7, 11) is 0. The summed E-state index contributed by atoms with van der Waals surface area (Å²) in [4.78, 5) is 0. The summed E-state index contributed by atoms with van der Waals surface area (Å²) in [5.74, 6) is 0. The minimum atomic E-state index is -0.197. The number of nitrogens with zero attached hydrogens (tertiary/aromatic N) is 2. The van der Waals surface area contributed by atoms with E-state index in [9.17, 15) is 0 Å². The van der Waals surface area contributed by atoms with E-state index in [2.05, 4.69) is 154 Å². The number of benzene rings is 3. The van der Waals surface area contributed by atoms with Crippen molar-refractivity contribution in [1.29, 1.82) is 0 Å². The Morgan fingerprint density at radius 2 is 1.47 bits per heavy atom. The summed E-state index contributed by atoms with van der Waals surface area (Å²) in [5, 5.41) is 0. The van der Waals surface area contributed by atoms with Gasteiger partial charge in [-0.3, -0.25) is 0 Å². The van der Waals surface area contributed by atoms with Crippen LogP contribution in [0.5, 0.6) is 0 Å². The van der Waals surface area contributed by atoms with Crippen LogP contribution in [0.1, 0.15) is 66.1 Å². The van der Waals surface area contributed by atoms with Crippen LogP contribution in [0.25, 0.3) is 33.6 Å². The van der Waals surface area contributed by atoms with E-state index in [1.54, 1.807) is 0 Å². The highest BCUT2D eigenvalue weighted by Crippen LogP contribution is 2.64. The fraction of sp³-hybridized carbons (Fsp3) is 0.268. The molecule has 0 saturated heterocycles. The fourth-order valence-electron chi connectivity index (χ4n) is 9.36. The molecule has 212 valence electrons. The number of aromatic nitrogens is 2. The highest BCUT2D eigenvalue weighted by Gasteiger charge is 2.72. The van der Waals surface area contributed by atoms with Crippen LogP contribution in [0.15, 0.2) is 109 Å². The monoisotopic (exact) mass is 560 g/mol. The van der Waals surface area contributed by atoms with Crippen LogP contribution in [0.4, 0.5) is 0 Å². The zero-order chi connectivity index (χ0) is 29.7. The zero-order valence-corrected chi connectivity index (χ0v) is 26.2. The smallest absolute Gasteiger partial charge is 0.187 e. The summed E-state index contributed by atoms with van der Waals surface area (Å²) in [5.41, 5.74) is 17.6. The van der Waals surface area contributed by atoms with Gasteiger partial charge in [-0.05, 0) is 74.6 Å².